The fourth-order valence-electron chi connectivity index (χ4n) is 5.14. The van der Waals surface area contributed by atoms with Gasteiger partial charge in [0.1, 0.15) is 0 Å². The molecule has 3 aromatic rings. The van der Waals surface area contributed by atoms with E-state index in [1.54, 1.807) is 12.1 Å². The zero-order chi connectivity index (χ0) is 33.6. The molecule has 1 fully saturated rings. The number of benzene rings is 3. The number of carbonyl (C=O) groups excluding carboxylic acids is 1. The first kappa shape index (κ1) is 34.4. The van der Waals surface area contributed by atoms with Crippen LogP contribution in [0.3, 0.4) is 0 Å². The van der Waals surface area contributed by atoms with Crippen molar-refractivity contribution in [2.45, 2.75) is 60.3 Å². The summed E-state index contributed by atoms with van der Waals surface area (Å²) in [6.45, 7) is 0. The van der Waals surface area contributed by atoms with Gasteiger partial charge in [-0.15, -0.1) is 0 Å². The van der Waals surface area contributed by atoms with E-state index < -0.39 is 57.7 Å². The summed E-state index contributed by atoms with van der Waals surface area (Å²) >= 11 is 0.514. The Morgan fingerprint density at radius 2 is 1.48 bits per heavy atom. The molecule has 0 atom stereocenters. The van der Waals surface area contributed by atoms with Crippen LogP contribution in [0.2, 0.25) is 0 Å². The van der Waals surface area contributed by atoms with E-state index in [9.17, 15) is 45.8 Å². The standard InChI is InChI=1S/C32H28F6N2O5S/c33-31(34,35)28-19(9-15-26(41)40-22-10-4-18(5-11-22)16-27(42)43)8-14-25(29(28)32(36,37)38)46-24-3-1-2-23(17-24)39-21-12-6-20(7-13-21)30(44)45/h1-5,8-11,14-15,17,20-21,39H,6-7,12-13,16H2,(H,40,41)(H,42,43)(H,44,45). The Bertz CT molecular complexity index is 1610. The van der Waals surface area contributed by atoms with Gasteiger partial charge in [0.25, 0.3) is 0 Å². The Balaban J connectivity index is 1.56. The minimum absolute atomic E-state index is 0.0574. The zero-order valence-electron chi connectivity index (χ0n) is 23.9. The molecule has 1 aliphatic carbocycles. The third kappa shape index (κ3) is 9.28. The van der Waals surface area contributed by atoms with Crippen molar-refractivity contribution < 1.29 is 50.9 Å². The lowest BCUT2D eigenvalue weighted by molar-refractivity contribution is -0.163. The molecule has 244 valence electrons. The van der Waals surface area contributed by atoms with Crippen molar-refractivity contribution in [3.05, 3.63) is 89.0 Å². The Kier molecular flexibility index (Phi) is 10.7. The number of carboxylic acid groups (broad SMARTS) is 2. The SMILES string of the molecule is O=C(O)Cc1ccc(NC(=O)C=Cc2ccc(Sc3cccc(NC4CCC(C(=O)O)CC4)c3)c(C(F)(F)F)c2C(F)(F)F)cc1. The fraction of sp³-hybridized carbons (Fsp3) is 0.281. The van der Waals surface area contributed by atoms with E-state index >= 15 is 0 Å². The summed E-state index contributed by atoms with van der Waals surface area (Å²) in [5.41, 5.74) is -3.49. The molecule has 4 N–H and O–H groups in total. The van der Waals surface area contributed by atoms with Gasteiger partial charge in [-0.2, -0.15) is 26.3 Å². The van der Waals surface area contributed by atoms with E-state index in [0.717, 1.165) is 12.1 Å². The minimum Gasteiger partial charge on any atom is -0.481 e. The predicted molar refractivity (Wildman–Crippen MR) is 159 cm³/mol. The Hall–Kier alpha value is -4.46. The van der Waals surface area contributed by atoms with E-state index in [1.807, 2.05) is 0 Å². The van der Waals surface area contributed by atoms with Crippen LogP contribution < -0.4 is 10.6 Å². The van der Waals surface area contributed by atoms with Crippen LogP contribution in [-0.2, 0) is 33.2 Å². The van der Waals surface area contributed by atoms with E-state index in [0.29, 0.717) is 60.8 Å². The third-order valence-electron chi connectivity index (χ3n) is 7.27. The summed E-state index contributed by atoms with van der Waals surface area (Å²) in [6.07, 6.45) is -7.64. The van der Waals surface area contributed by atoms with Crippen molar-refractivity contribution in [1.82, 2.24) is 0 Å². The highest BCUT2D eigenvalue weighted by Crippen LogP contribution is 2.48. The van der Waals surface area contributed by atoms with Gasteiger partial charge in [0.15, 0.2) is 0 Å². The van der Waals surface area contributed by atoms with Crippen LogP contribution in [0, 0.1) is 5.92 Å². The number of aliphatic carboxylic acids is 2. The van der Waals surface area contributed by atoms with Crippen LogP contribution in [0.4, 0.5) is 37.7 Å². The highest BCUT2D eigenvalue weighted by molar-refractivity contribution is 7.99. The van der Waals surface area contributed by atoms with Crippen LogP contribution in [0.25, 0.3) is 6.08 Å². The smallest absolute Gasteiger partial charge is 0.418 e. The highest BCUT2D eigenvalue weighted by Gasteiger charge is 2.46. The number of hydrogen-bond donors (Lipinski definition) is 4. The molecule has 0 spiro atoms. The summed E-state index contributed by atoms with van der Waals surface area (Å²) in [5.74, 6) is -3.27. The summed E-state index contributed by atoms with van der Waals surface area (Å²) in [6, 6.07) is 13.6. The number of carboxylic acids is 2. The van der Waals surface area contributed by atoms with Gasteiger partial charge >= 0.3 is 24.3 Å². The summed E-state index contributed by atoms with van der Waals surface area (Å²) in [4.78, 5) is 34.0. The molecular weight excluding hydrogens is 638 g/mol. The topological polar surface area (TPSA) is 116 Å². The van der Waals surface area contributed by atoms with Gasteiger partial charge in [-0.25, -0.2) is 0 Å². The first-order chi connectivity index (χ1) is 21.6. The van der Waals surface area contributed by atoms with E-state index in [-0.39, 0.29) is 23.0 Å². The molecule has 0 aliphatic heterocycles. The monoisotopic (exact) mass is 666 g/mol. The molecule has 4 rings (SSSR count). The van der Waals surface area contributed by atoms with E-state index in [2.05, 4.69) is 10.6 Å². The van der Waals surface area contributed by atoms with E-state index in [1.165, 1.54) is 36.4 Å². The molecule has 7 nitrogen and oxygen atoms in total. The molecule has 0 heterocycles. The van der Waals surface area contributed by atoms with Crippen LogP contribution in [0.1, 0.15) is 47.9 Å². The molecule has 0 unspecified atom stereocenters. The largest absolute Gasteiger partial charge is 0.481 e. The quantitative estimate of drug-likeness (QED) is 0.127. The molecule has 14 heteroatoms. The molecular formula is C32H28F6N2O5S. The zero-order valence-corrected chi connectivity index (χ0v) is 24.7. The number of nitrogens with one attached hydrogen (secondary N) is 2. The Morgan fingerprint density at radius 1 is 0.826 bits per heavy atom. The van der Waals surface area contributed by atoms with Crippen molar-refractivity contribution in [3.63, 3.8) is 0 Å². The van der Waals surface area contributed by atoms with Gasteiger partial charge in [0.05, 0.1) is 23.5 Å². The third-order valence-corrected chi connectivity index (χ3v) is 8.32. The van der Waals surface area contributed by atoms with Crippen molar-refractivity contribution in [1.29, 1.82) is 0 Å². The molecule has 0 bridgehead atoms. The normalized spacial score (nSPS) is 17.1. The average Bonchev–Trinajstić information content (AvgIpc) is 2.96. The summed E-state index contributed by atoms with van der Waals surface area (Å²) in [5, 5.41) is 23.6. The number of rotatable bonds is 10. The summed E-state index contributed by atoms with van der Waals surface area (Å²) < 4.78 is 85.5. The maximum atomic E-state index is 14.3. The van der Waals surface area contributed by atoms with Crippen LogP contribution in [0.15, 0.2) is 76.5 Å². The second-order valence-corrected chi connectivity index (χ2v) is 11.8. The second kappa shape index (κ2) is 14.3. The lowest BCUT2D eigenvalue weighted by Crippen LogP contribution is -2.29. The fourth-order valence-corrected chi connectivity index (χ4v) is 6.18. The number of hydrogen-bond acceptors (Lipinski definition) is 5. The van der Waals surface area contributed by atoms with Gasteiger partial charge in [-0.05, 0) is 79.3 Å². The predicted octanol–water partition coefficient (Wildman–Crippen LogP) is 8.21. The Morgan fingerprint density at radius 3 is 2.07 bits per heavy atom. The van der Waals surface area contributed by atoms with E-state index in [4.69, 9.17) is 5.11 Å². The average molecular weight is 667 g/mol. The van der Waals surface area contributed by atoms with Gasteiger partial charge in [0.2, 0.25) is 5.91 Å². The van der Waals surface area contributed by atoms with Crippen LogP contribution in [0.5, 0.6) is 0 Å². The van der Waals surface area contributed by atoms with Gasteiger partial charge in [-0.1, -0.05) is 36.0 Å². The number of alkyl halides is 6. The molecule has 0 radical (unpaired) electrons. The lowest BCUT2D eigenvalue weighted by Gasteiger charge is -2.27. The maximum absolute atomic E-state index is 14.3. The van der Waals surface area contributed by atoms with Crippen molar-refractivity contribution >= 4 is 47.1 Å². The number of amides is 1. The molecule has 1 aliphatic rings. The molecule has 0 aromatic heterocycles. The maximum Gasteiger partial charge on any atom is 0.418 e. The minimum atomic E-state index is -5.42. The summed E-state index contributed by atoms with van der Waals surface area (Å²) in [7, 11) is 0. The first-order valence-electron chi connectivity index (χ1n) is 14.0. The Labute approximate surface area is 263 Å². The number of halogens is 6. The molecule has 46 heavy (non-hydrogen) atoms. The van der Waals surface area contributed by atoms with Gasteiger partial charge in [0, 0.05) is 33.3 Å². The van der Waals surface area contributed by atoms with Crippen molar-refractivity contribution in [2.24, 2.45) is 5.92 Å². The molecule has 3 aromatic carbocycles. The second-order valence-electron chi connectivity index (χ2n) is 10.6. The lowest BCUT2D eigenvalue weighted by atomic mass is 9.86. The van der Waals surface area contributed by atoms with Crippen molar-refractivity contribution in [3.8, 4) is 0 Å². The number of carbonyl (C=O) groups is 3. The molecule has 0 saturated heterocycles. The van der Waals surface area contributed by atoms with Crippen molar-refractivity contribution in [2.75, 3.05) is 10.6 Å². The van der Waals surface area contributed by atoms with Crippen LogP contribution in [-0.4, -0.2) is 34.1 Å². The van der Waals surface area contributed by atoms with Crippen LogP contribution >= 0.6 is 11.8 Å². The molecule has 1 amide bonds. The molecule has 1 saturated carbocycles. The highest BCUT2D eigenvalue weighted by atomic mass is 32.2. The number of anilines is 2. The van der Waals surface area contributed by atoms with Gasteiger partial charge in [-0.3, -0.25) is 14.4 Å². The first-order valence-corrected chi connectivity index (χ1v) is 14.8. The van der Waals surface area contributed by atoms with Gasteiger partial charge < -0.3 is 20.8 Å².